The van der Waals surface area contributed by atoms with Gasteiger partial charge in [-0.15, -0.1) is 46.2 Å². The Balaban J connectivity index is 0.000000444. The number of allylic oxidation sites excluding steroid dienone is 2. The van der Waals surface area contributed by atoms with E-state index in [9.17, 15) is 23.1 Å². The van der Waals surface area contributed by atoms with E-state index in [1.54, 1.807) is 12.1 Å². The van der Waals surface area contributed by atoms with Crippen molar-refractivity contribution in [1.29, 1.82) is 0 Å². The Bertz CT molecular complexity index is 1710. The van der Waals surface area contributed by atoms with Gasteiger partial charge in [0.1, 0.15) is 0 Å². The number of aliphatic hydroxyl groups excluding tert-OH is 1. The summed E-state index contributed by atoms with van der Waals surface area (Å²) in [6.07, 6.45) is 2.35. The molecule has 4 rings (SSSR count). The Kier molecular flexibility index (Phi) is 14.6. The van der Waals surface area contributed by atoms with E-state index >= 15 is 0 Å². The minimum absolute atomic E-state index is 0. The number of ketones is 1. The zero-order valence-corrected chi connectivity index (χ0v) is 32.7. The molecule has 0 bridgehead atoms. The van der Waals surface area contributed by atoms with E-state index in [4.69, 9.17) is 1.37 Å². The summed E-state index contributed by atoms with van der Waals surface area (Å²) in [5.41, 5.74) is 3.83. The predicted molar refractivity (Wildman–Crippen MR) is 191 cm³/mol. The number of hydrogen-bond acceptors (Lipinski definition) is 4. The Morgan fingerprint density at radius 3 is 2.08 bits per heavy atom. The second kappa shape index (κ2) is 17.7. The van der Waals surface area contributed by atoms with Gasteiger partial charge in [-0.1, -0.05) is 86.6 Å². The number of carbonyl (C=O) groups excluding carboxylic acids is 1. The van der Waals surface area contributed by atoms with Gasteiger partial charge < -0.3 is 10.1 Å². The zero-order valence-electron chi connectivity index (χ0n) is 30.5. The van der Waals surface area contributed by atoms with Crippen molar-refractivity contribution in [1.82, 2.24) is 4.98 Å². The molecule has 0 spiro atoms. The third-order valence-corrected chi connectivity index (χ3v) is 9.49. The number of thiophene rings is 1. The Labute approximate surface area is 303 Å². The van der Waals surface area contributed by atoms with Crippen LogP contribution in [-0.4, -0.2) is 15.9 Å². The molecule has 0 unspecified atom stereocenters. The van der Waals surface area contributed by atoms with Gasteiger partial charge in [0.05, 0.1) is 12.7 Å². The number of aliphatic hydroxyl groups is 1. The fourth-order valence-corrected chi connectivity index (χ4v) is 7.11. The molecule has 0 aliphatic carbocycles. The number of aromatic nitrogens is 1. The first kappa shape index (κ1) is 39.6. The second-order valence-electron chi connectivity index (χ2n) is 13.4. The average molecular weight is 858 g/mol. The van der Waals surface area contributed by atoms with Crippen molar-refractivity contribution in [3.05, 3.63) is 88.8 Å². The molecule has 2 aromatic heterocycles. The zero-order chi connectivity index (χ0) is 36.0. The predicted octanol–water partition coefficient (Wildman–Crippen LogP) is 12.5. The number of hydrogen-bond donors (Lipinski definition) is 1. The maximum atomic E-state index is 14.3. The number of carbonyl (C=O) groups is 1. The summed E-state index contributed by atoms with van der Waals surface area (Å²) < 4.78 is 51.6. The number of aryl methyl sites for hydroxylation is 2. The second-order valence-corrected chi connectivity index (χ2v) is 14.5. The molecular formula is C40H49F3IrNO2S-. The smallest absolute Gasteiger partial charge is 0.418 e. The van der Waals surface area contributed by atoms with Crippen molar-refractivity contribution in [2.75, 3.05) is 0 Å². The molecule has 3 nitrogen and oxygen atoms in total. The van der Waals surface area contributed by atoms with Crippen molar-refractivity contribution in [3.63, 3.8) is 0 Å². The minimum atomic E-state index is -4.60. The summed E-state index contributed by atoms with van der Waals surface area (Å²) in [7, 11) is 0. The number of alkyl halides is 3. The molecule has 1 N–H and O–H groups in total. The van der Waals surface area contributed by atoms with Gasteiger partial charge >= 0.3 is 6.18 Å². The molecule has 0 aliphatic rings. The van der Waals surface area contributed by atoms with Gasteiger partial charge in [-0.05, 0) is 60.1 Å². The van der Waals surface area contributed by atoms with Crippen LogP contribution < -0.4 is 0 Å². The largest absolute Gasteiger partial charge is 0.512 e. The normalized spacial score (nSPS) is 12.5. The van der Waals surface area contributed by atoms with E-state index in [0.717, 1.165) is 60.1 Å². The number of nitrogens with zero attached hydrogens (tertiary/aromatic N) is 1. The molecule has 0 amide bonds. The molecule has 1 radical (unpaired) electrons. The molecule has 8 heteroatoms. The van der Waals surface area contributed by atoms with E-state index in [1.165, 1.54) is 12.3 Å². The summed E-state index contributed by atoms with van der Waals surface area (Å²) in [5.74, 6) is 0.547. The van der Waals surface area contributed by atoms with Crippen LogP contribution in [0.5, 0.6) is 0 Å². The summed E-state index contributed by atoms with van der Waals surface area (Å²) in [6, 6.07) is 14.1. The Morgan fingerprint density at radius 1 is 1.00 bits per heavy atom. The van der Waals surface area contributed by atoms with Crippen LogP contribution in [0.1, 0.15) is 97.8 Å². The van der Waals surface area contributed by atoms with Crippen LogP contribution in [-0.2, 0) is 37.5 Å². The first-order valence-electron chi connectivity index (χ1n) is 17.0. The van der Waals surface area contributed by atoms with Crippen LogP contribution in [0.15, 0.2) is 60.5 Å². The van der Waals surface area contributed by atoms with Crippen LogP contribution in [0, 0.1) is 37.2 Å². The van der Waals surface area contributed by atoms with Crippen molar-refractivity contribution in [3.8, 4) is 21.7 Å². The van der Waals surface area contributed by atoms with Gasteiger partial charge in [-0.3, -0.25) is 4.79 Å². The maximum Gasteiger partial charge on any atom is 0.418 e. The summed E-state index contributed by atoms with van der Waals surface area (Å²) in [5, 5.41) is 9.66. The van der Waals surface area contributed by atoms with Gasteiger partial charge in [0.2, 0.25) is 0 Å². The van der Waals surface area contributed by atoms with Crippen LogP contribution in [0.2, 0.25) is 0 Å². The van der Waals surface area contributed by atoms with Gasteiger partial charge in [-0.25, -0.2) is 0 Å². The fourth-order valence-electron chi connectivity index (χ4n) is 5.81. The molecule has 48 heavy (non-hydrogen) atoms. The van der Waals surface area contributed by atoms with Crippen molar-refractivity contribution in [2.24, 2.45) is 17.3 Å². The monoisotopic (exact) mass is 858 g/mol. The first-order valence-corrected chi connectivity index (χ1v) is 17.3. The third kappa shape index (κ3) is 10.9. The molecule has 263 valence electrons. The van der Waals surface area contributed by atoms with Crippen molar-refractivity contribution in [2.45, 2.75) is 101 Å². The van der Waals surface area contributed by atoms with Crippen LogP contribution in [0.4, 0.5) is 13.2 Å². The average Bonchev–Trinajstić information content (AvgIpc) is 3.40. The van der Waals surface area contributed by atoms with Crippen LogP contribution in [0.3, 0.4) is 0 Å². The standard InChI is InChI=1S/C27H25F3NS.C13H24O2.Ir/c1-16-12-17(2)14-20(13-16)23-25-21(10-11-31-23)22(27(28,29)30)24(32-25)19-8-6-18(7-9-19)15-26(3,4)5;1-5-10(6-2)12(14)9-13(15)11(7-3)8-4;/h6-13H,15H2,1-5H3;9-11,14H,5-8H2,1-4H3;/q-1;;/b;12-9-;/i10D;;. The fraction of sp³-hybridized carbons (Fsp3) is 0.450. The third-order valence-electron chi connectivity index (χ3n) is 8.25. The molecule has 0 saturated carbocycles. The van der Waals surface area contributed by atoms with Crippen molar-refractivity contribution >= 4 is 27.2 Å². The maximum absolute atomic E-state index is 14.3. The Morgan fingerprint density at radius 2 is 1.58 bits per heavy atom. The van der Waals surface area contributed by atoms with Crippen molar-refractivity contribution < 1.29 is 44.5 Å². The number of rotatable bonds is 10. The molecule has 2 heterocycles. The number of fused-ring (bicyclic) bond motifs is 1. The van der Waals surface area contributed by atoms with E-state index in [2.05, 4.69) is 31.8 Å². The van der Waals surface area contributed by atoms with Crippen LogP contribution in [0.25, 0.3) is 31.8 Å². The van der Waals surface area contributed by atoms with Gasteiger partial charge in [-0.2, -0.15) is 13.2 Å². The minimum Gasteiger partial charge on any atom is -0.512 e. The SMILES string of the molecule is CCC(CC)C(=O)/C=C(\O)C(CC)CC.[2H]c1cnc(-c2[c-]c(C)cc(C)c2)c2sc(-c3ccc(CC(C)(C)C)cc3)c(C(F)(F)F)c12.[Ir]. The van der Waals surface area contributed by atoms with E-state index in [0.29, 0.717) is 21.5 Å². The van der Waals surface area contributed by atoms with Gasteiger partial charge in [0, 0.05) is 59.5 Å². The van der Waals surface area contributed by atoms with Gasteiger partial charge in [0.25, 0.3) is 0 Å². The van der Waals surface area contributed by atoms with E-state index in [1.807, 2.05) is 65.8 Å². The van der Waals surface area contributed by atoms with E-state index < -0.39 is 11.7 Å². The van der Waals surface area contributed by atoms with E-state index in [-0.39, 0.29) is 65.2 Å². The topological polar surface area (TPSA) is 50.2 Å². The Hall–Kier alpha value is -2.80. The molecular weight excluding hydrogens is 808 g/mol. The molecule has 0 atom stereocenters. The molecule has 4 aromatic rings. The molecule has 0 saturated heterocycles. The summed E-state index contributed by atoms with van der Waals surface area (Å²) in [6.45, 7) is 18.3. The first-order chi connectivity index (χ1) is 22.4. The number of pyridine rings is 1. The quantitative estimate of drug-likeness (QED) is 0.0982. The molecule has 0 aliphatic heterocycles. The van der Waals surface area contributed by atoms with Gasteiger partial charge in [0.15, 0.2) is 5.78 Å². The molecule has 0 fully saturated rings. The molecule has 2 aromatic carbocycles. The number of benzene rings is 2. The van der Waals surface area contributed by atoms with Crippen LogP contribution >= 0.6 is 11.3 Å². The summed E-state index contributed by atoms with van der Waals surface area (Å²) in [4.78, 5) is 16.2. The number of halogens is 3. The summed E-state index contributed by atoms with van der Waals surface area (Å²) >= 11 is 1.05.